The molecule has 0 aliphatic carbocycles. The quantitative estimate of drug-likeness (QED) is 0.471. The summed E-state index contributed by atoms with van der Waals surface area (Å²) in [6, 6.07) is 2.79. The van der Waals surface area contributed by atoms with E-state index < -0.39 is 5.82 Å². The number of rotatable bonds is 4. The summed E-state index contributed by atoms with van der Waals surface area (Å²) in [4.78, 5) is 22.8. The number of fused-ring (bicyclic) bond motifs is 1. The molecular weight excluding hydrogens is 451 g/mol. The van der Waals surface area contributed by atoms with Crippen molar-refractivity contribution in [2.75, 3.05) is 0 Å². The summed E-state index contributed by atoms with van der Waals surface area (Å²) in [5, 5.41) is 21.5. The number of carbonyl (C=O) groups excluding carboxylic acids is 1. The second-order valence-corrected chi connectivity index (χ2v) is 8.32. The fraction of sp³-hybridized carbons (Fsp3) is 0.250. The maximum Gasteiger partial charge on any atom is 0.247 e. The van der Waals surface area contributed by atoms with Crippen LogP contribution in [0.3, 0.4) is 0 Å². The second-order valence-electron chi connectivity index (χ2n) is 7.91. The number of benzene rings is 1. The number of tetrazole rings is 1. The molecule has 1 aromatic carbocycles. The van der Waals surface area contributed by atoms with Gasteiger partial charge in [0.1, 0.15) is 17.8 Å². The third-order valence-corrected chi connectivity index (χ3v) is 6.39. The summed E-state index contributed by atoms with van der Waals surface area (Å²) in [5.74, 6) is -0.121. The number of H-pyrrole nitrogens is 2. The van der Waals surface area contributed by atoms with Crippen LogP contribution in [-0.4, -0.2) is 62.4 Å². The summed E-state index contributed by atoms with van der Waals surface area (Å²) in [6.07, 6.45) is 8.09. The number of nitrogens with zero attached hydrogens (tertiary/aromatic N) is 8. The number of aromatic amines is 2. The van der Waals surface area contributed by atoms with E-state index in [0.717, 1.165) is 18.5 Å². The standard InChI is InChI=1S/C20H16ClFN10O/c21-12-2-4-15(31-9-25-29-30-31)18(19(12)22)10-5-11-1-3-16(32(11)17(33)6-10)20-23-7-13(26-20)14-8-24-28-27-14/h2,4,6-9,11,16H,1,3,5H2,(H,23,26)(H,24,27,28)/t11?,16-/m0/s1. The molecule has 1 unspecified atom stereocenters. The van der Waals surface area contributed by atoms with Gasteiger partial charge in [0, 0.05) is 17.7 Å². The molecule has 0 radical (unpaired) electrons. The Kier molecular flexibility index (Phi) is 4.54. The molecule has 13 heteroatoms. The average molecular weight is 467 g/mol. The highest BCUT2D eigenvalue weighted by molar-refractivity contribution is 6.31. The molecule has 3 aromatic heterocycles. The third kappa shape index (κ3) is 3.21. The van der Waals surface area contributed by atoms with Gasteiger partial charge in [0.05, 0.1) is 34.8 Å². The average Bonchev–Trinajstić information content (AvgIpc) is 3.61. The Balaban J connectivity index is 1.35. The lowest BCUT2D eigenvalue weighted by Gasteiger charge is -2.33. The summed E-state index contributed by atoms with van der Waals surface area (Å²) in [6.45, 7) is 0. The molecule has 0 bridgehead atoms. The van der Waals surface area contributed by atoms with Crippen LogP contribution in [0, 0.1) is 5.82 Å². The SMILES string of the molecule is O=C1C=C(c2c(-n3cnnn3)ccc(Cl)c2F)CC2CC[C@@H](c3ncc(-c4cn[nH]n4)[nH]3)N12. The van der Waals surface area contributed by atoms with Crippen molar-refractivity contribution in [1.29, 1.82) is 0 Å². The molecule has 2 aliphatic heterocycles. The van der Waals surface area contributed by atoms with Crippen molar-refractivity contribution >= 4 is 23.1 Å². The Morgan fingerprint density at radius 1 is 1.21 bits per heavy atom. The van der Waals surface area contributed by atoms with Gasteiger partial charge in [-0.05, 0) is 47.4 Å². The van der Waals surface area contributed by atoms with Gasteiger partial charge in [-0.2, -0.15) is 20.1 Å². The van der Waals surface area contributed by atoms with E-state index in [1.807, 2.05) is 4.90 Å². The summed E-state index contributed by atoms with van der Waals surface area (Å²) >= 11 is 6.08. The zero-order valence-electron chi connectivity index (χ0n) is 17.0. The van der Waals surface area contributed by atoms with Crippen LogP contribution in [0.15, 0.2) is 36.9 Å². The van der Waals surface area contributed by atoms with Crippen molar-refractivity contribution in [3.63, 3.8) is 0 Å². The van der Waals surface area contributed by atoms with Gasteiger partial charge in [0.25, 0.3) is 0 Å². The predicted octanol–water partition coefficient (Wildman–Crippen LogP) is 2.48. The number of aromatic nitrogens is 9. The number of imidazole rings is 1. The van der Waals surface area contributed by atoms with E-state index >= 15 is 4.39 Å². The number of hydrogen-bond acceptors (Lipinski definition) is 7. The third-order valence-electron chi connectivity index (χ3n) is 6.10. The van der Waals surface area contributed by atoms with E-state index in [2.05, 4.69) is 40.9 Å². The molecular formula is C20H16ClFN10O. The summed E-state index contributed by atoms with van der Waals surface area (Å²) in [7, 11) is 0. The lowest BCUT2D eigenvalue weighted by molar-refractivity contribution is -0.129. The molecule has 5 heterocycles. The van der Waals surface area contributed by atoms with Gasteiger partial charge >= 0.3 is 0 Å². The number of amides is 1. The second kappa shape index (κ2) is 7.59. The number of hydrogen-bond donors (Lipinski definition) is 2. The van der Waals surface area contributed by atoms with Crippen molar-refractivity contribution in [3.05, 3.63) is 59.2 Å². The monoisotopic (exact) mass is 466 g/mol. The molecule has 6 rings (SSSR count). The molecule has 0 saturated carbocycles. The highest BCUT2D eigenvalue weighted by Crippen LogP contribution is 2.44. The predicted molar refractivity (Wildman–Crippen MR) is 113 cm³/mol. The summed E-state index contributed by atoms with van der Waals surface area (Å²) < 4.78 is 16.5. The first kappa shape index (κ1) is 19.7. The molecule has 1 fully saturated rings. The van der Waals surface area contributed by atoms with Gasteiger partial charge in [0.15, 0.2) is 5.82 Å². The van der Waals surface area contributed by atoms with Crippen LogP contribution in [0.25, 0.3) is 22.6 Å². The van der Waals surface area contributed by atoms with Gasteiger partial charge in [-0.3, -0.25) is 4.79 Å². The van der Waals surface area contributed by atoms with Gasteiger partial charge in [-0.25, -0.2) is 9.37 Å². The molecule has 11 nitrogen and oxygen atoms in total. The Labute approximate surface area is 190 Å². The zero-order valence-corrected chi connectivity index (χ0v) is 17.7. The minimum atomic E-state index is -0.602. The molecule has 1 amide bonds. The fourth-order valence-corrected chi connectivity index (χ4v) is 4.83. The van der Waals surface area contributed by atoms with E-state index in [1.54, 1.807) is 18.5 Å². The van der Waals surface area contributed by atoms with Gasteiger partial charge in [-0.15, -0.1) is 5.10 Å². The van der Waals surface area contributed by atoms with Crippen molar-refractivity contribution in [3.8, 4) is 17.1 Å². The first-order chi connectivity index (χ1) is 16.1. The van der Waals surface area contributed by atoms with Crippen LogP contribution in [0.2, 0.25) is 5.02 Å². The van der Waals surface area contributed by atoms with Gasteiger partial charge in [-0.1, -0.05) is 11.6 Å². The number of halogens is 2. The first-order valence-corrected chi connectivity index (χ1v) is 10.6. The van der Waals surface area contributed by atoms with Gasteiger partial charge in [0.2, 0.25) is 5.91 Å². The molecule has 0 spiro atoms. The minimum Gasteiger partial charge on any atom is -0.339 e. The lowest BCUT2D eigenvalue weighted by Crippen LogP contribution is -2.39. The highest BCUT2D eigenvalue weighted by atomic mass is 35.5. The normalized spacial score (nSPS) is 20.2. The number of carbonyl (C=O) groups is 1. The number of nitrogens with one attached hydrogen (secondary N) is 2. The molecule has 1 saturated heterocycles. The topological polar surface area (TPSA) is 134 Å². The van der Waals surface area contributed by atoms with E-state index in [1.165, 1.54) is 23.2 Å². The van der Waals surface area contributed by atoms with Crippen molar-refractivity contribution < 1.29 is 9.18 Å². The largest absolute Gasteiger partial charge is 0.339 e. The van der Waals surface area contributed by atoms with E-state index in [-0.39, 0.29) is 28.6 Å². The van der Waals surface area contributed by atoms with Crippen LogP contribution in [0.1, 0.15) is 36.7 Å². The summed E-state index contributed by atoms with van der Waals surface area (Å²) in [5.41, 5.74) is 2.58. The smallest absolute Gasteiger partial charge is 0.247 e. The Morgan fingerprint density at radius 2 is 2.12 bits per heavy atom. The minimum absolute atomic E-state index is 0.0297. The maximum atomic E-state index is 15.2. The Morgan fingerprint density at radius 3 is 2.91 bits per heavy atom. The fourth-order valence-electron chi connectivity index (χ4n) is 4.67. The molecule has 2 atom stereocenters. The van der Waals surface area contributed by atoms with Gasteiger partial charge < -0.3 is 9.88 Å². The van der Waals surface area contributed by atoms with Crippen molar-refractivity contribution in [1.82, 2.24) is 50.5 Å². The van der Waals surface area contributed by atoms with E-state index in [0.29, 0.717) is 29.2 Å². The van der Waals surface area contributed by atoms with E-state index in [4.69, 9.17) is 11.6 Å². The molecule has 2 N–H and O–H groups in total. The van der Waals surface area contributed by atoms with Crippen LogP contribution in [0.5, 0.6) is 0 Å². The van der Waals surface area contributed by atoms with E-state index in [9.17, 15) is 4.79 Å². The highest BCUT2D eigenvalue weighted by Gasteiger charge is 2.42. The first-order valence-electron chi connectivity index (χ1n) is 10.3. The Hall–Kier alpha value is -3.93. The molecule has 33 heavy (non-hydrogen) atoms. The van der Waals surface area contributed by atoms with Crippen molar-refractivity contribution in [2.45, 2.75) is 31.3 Å². The van der Waals surface area contributed by atoms with Crippen LogP contribution in [0.4, 0.5) is 4.39 Å². The van der Waals surface area contributed by atoms with Crippen molar-refractivity contribution in [2.24, 2.45) is 0 Å². The van der Waals surface area contributed by atoms with Crippen LogP contribution >= 0.6 is 11.6 Å². The Bertz CT molecular complexity index is 1360. The zero-order chi connectivity index (χ0) is 22.5. The maximum absolute atomic E-state index is 15.2. The molecule has 4 aromatic rings. The molecule has 2 aliphatic rings. The van der Waals surface area contributed by atoms with Crippen LogP contribution < -0.4 is 0 Å². The molecule has 166 valence electrons. The lowest BCUT2D eigenvalue weighted by atomic mass is 9.92. The van der Waals surface area contributed by atoms with Crippen LogP contribution in [-0.2, 0) is 4.79 Å².